The minimum atomic E-state index is -4.33. The third kappa shape index (κ3) is 2.54. The van der Waals surface area contributed by atoms with Gasteiger partial charge in [-0.1, -0.05) is 62.7 Å². The summed E-state index contributed by atoms with van der Waals surface area (Å²) in [6, 6.07) is 11.0. The van der Waals surface area contributed by atoms with E-state index in [9.17, 15) is 13.2 Å². The average molecular weight is 332 g/mol. The summed E-state index contributed by atoms with van der Waals surface area (Å²) in [4.78, 5) is 0. The molecule has 0 N–H and O–H groups in total. The van der Waals surface area contributed by atoms with Gasteiger partial charge in [-0.15, -0.1) is 0 Å². The molecule has 0 spiro atoms. The predicted octanol–water partition coefficient (Wildman–Crippen LogP) is 6.43. The van der Waals surface area contributed by atoms with E-state index in [0.29, 0.717) is 22.3 Å². The molecule has 3 heteroatoms. The quantitative estimate of drug-likeness (QED) is 0.564. The molecule has 0 saturated carbocycles. The Morgan fingerprint density at radius 2 is 1.42 bits per heavy atom. The molecule has 2 aromatic rings. The van der Waals surface area contributed by atoms with Gasteiger partial charge >= 0.3 is 6.18 Å². The van der Waals surface area contributed by atoms with Crippen molar-refractivity contribution < 1.29 is 13.2 Å². The molecule has 0 amide bonds. The fourth-order valence-electron chi connectivity index (χ4n) is 3.72. The van der Waals surface area contributed by atoms with E-state index in [2.05, 4.69) is 20.8 Å². The molecule has 3 rings (SSSR count). The van der Waals surface area contributed by atoms with Crippen LogP contribution in [0.15, 0.2) is 36.4 Å². The molecular weight excluding hydrogens is 309 g/mol. The first-order valence-electron chi connectivity index (χ1n) is 8.25. The van der Waals surface area contributed by atoms with Gasteiger partial charge in [-0.3, -0.25) is 0 Å². The van der Waals surface area contributed by atoms with Crippen molar-refractivity contribution in [3.8, 4) is 11.1 Å². The highest BCUT2D eigenvalue weighted by molar-refractivity contribution is 5.82. The molecule has 1 aliphatic rings. The summed E-state index contributed by atoms with van der Waals surface area (Å²) in [5.41, 5.74) is 2.08. The molecule has 0 aliphatic heterocycles. The minimum Gasteiger partial charge on any atom is -0.170 e. The Labute approximate surface area is 141 Å². The fourth-order valence-corrected chi connectivity index (χ4v) is 3.72. The number of aryl methyl sites for hydroxylation is 1. The van der Waals surface area contributed by atoms with Crippen LogP contribution >= 0.6 is 0 Å². The Hall–Kier alpha value is -1.77. The van der Waals surface area contributed by atoms with Gasteiger partial charge in [-0.25, -0.2) is 0 Å². The Balaban J connectivity index is 2.26. The summed E-state index contributed by atoms with van der Waals surface area (Å²) in [5.74, 6) is 0. The highest BCUT2D eigenvalue weighted by Gasteiger charge is 2.58. The molecule has 24 heavy (non-hydrogen) atoms. The lowest BCUT2D eigenvalue weighted by Gasteiger charge is -2.31. The van der Waals surface area contributed by atoms with Crippen molar-refractivity contribution in [1.29, 1.82) is 0 Å². The second-order valence-electron chi connectivity index (χ2n) is 8.29. The standard InChI is InChI=1S/C21H23F3/c1-13-6-8-15-16-9-7-14(12-19(2,3)4)11-18(16)20(5,17(15)10-13)21(22,23)24/h6-11H,12H2,1-5H3. The monoisotopic (exact) mass is 332 g/mol. The van der Waals surface area contributed by atoms with Gasteiger partial charge in [0.05, 0.1) is 0 Å². The normalized spacial score (nSPS) is 20.0. The molecule has 2 aromatic carbocycles. The maximum atomic E-state index is 14.1. The molecular formula is C21H23F3. The molecule has 0 saturated heterocycles. The van der Waals surface area contributed by atoms with Crippen LogP contribution in [-0.4, -0.2) is 6.18 Å². The summed E-state index contributed by atoms with van der Waals surface area (Å²) in [6.07, 6.45) is -3.58. The second-order valence-corrected chi connectivity index (χ2v) is 8.29. The molecule has 0 fully saturated rings. The zero-order valence-electron chi connectivity index (χ0n) is 14.8. The molecule has 1 aliphatic carbocycles. The van der Waals surface area contributed by atoms with E-state index in [0.717, 1.165) is 17.5 Å². The van der Waals surface area contributed by atoms with Crippen LogP contribution in [0.5, 0.6) is 0 Å². The number of alkyl halides is 3. The van der Waals surface area contributed by atoms with Gasteiger partial charge in [-0.2, -0.15) is 13.2 Å². The van der Waals surface area contributed by atoms with Gasteiger partial charge in [0.25, 0.3) is 0 Å². The zero-order valence-corrected chi connectivity index (χ0v) is 14.8. The molecule has 1 atom stereocenters. The third-order valence-corrected chi connectivity index (χ3v) is 4.93. The van der Waals surface area contributed by atoms with Gasteiger partial charge < -0.3 is 0 Å². The smallest absolute Gasteiger partial charge is 0.170 e. The maximum Gasteiger partial charge on any atom is 0.402 e. The van der Waals surface area contributed by atoms with E-state index in [-0.39, 0.29) is 5.41 Å². The highest BCUT2D eigenvalue weighted by Crippen LogP contribution is 2.56. The number of hydrogen-bond acceptors (Lipinski definition) is 0. The summed E-state index contributed by atoms with van der Waals surface area (Å²) in [5, 5.41) is 0. The summed E-state index contributed by atoms with van der Waals surface area (Å²) < 4.78 is 42.3. The summed E-state index contributed by atoms with van der Waals surface area (Å²) >= 11 is 0. The summed E-state index contributed by atoms with van der Waals surface area (Å²) in [6.45, 7) is 9.45. The van der Waals surface area contributed by atoms with Crippen molar-refractivity contribution in [2.45, 2.75) is 52.6 Å². The van der Waals surface area contributed by atoms with E-state index in [1.165, 1.54) is 6.92 Å². The van der Waals surface area contributed by atoms with Crippen molar-refractivity contribution in [3.05, 3.63) is 58.7 Å². The fraction of sp³-hybridized carbons (Fsp3) is 0.429. The molecule has 0 radical (unpaired) electrons. The van der Waals surface area contributed by atoms with Gasteiger partial charge in [0, 0.05) is 0 Å². The Morgan fingerprint density at radius 3 is 1.96 bits per heavy atom. The van der Waals surface area contributed by atoms with Crippen LogP contribution < -0.4 is 0 Å². The second kappa shape index (κ2) is 5.11. The van der Waals surface area contributed by atoms with Gasteiger partial charge in [0.15, 0.2) is 0 Å². The molecule has 0 bridgehead atoms. The largest absolute Gasteiger partial charge is 0.402 e. The SMILES string of the molecule is Cc1ccc2c(c1)C(C)(C(F)(F)F)c1cc(CC(C)(C)C)ccc1-2. The lowest BCUT2D eigenvalue weighted by atomic mass is 9.78. The third-order valence-electron chi connectivity index (χ3n) is 4.93. The van der Waals surface area contributed by atoms with Crippen LogP contribution in [-0.2, 0) is 11.8 Å². The number of halogens is 3. The van der Waals surface area contributed by atoms with E-state index in [4.69, 9.17) is 0 Å². The Morgan fingerprint density at radius 1 is 0.875 bits per heavy atom. The molecule has 128 valence electrons. The van der Waals surface area contributed by atoms with Crippen LogP contribution in [0.3, 0.4) is 0 Å². The first-order chi connectivity index (χ1) is 10.9. The lowest BCUT2D eigenvalue weighted by molar-refractivity contribution is -0.172. The van der Waals surface area contributed by atoms with Gasteiger partial charge in [0.2, 0.25) is 0 Å². The topological polar surface area (TPSA) is 0 Å². The predicted molar refractivity (Wildman–Crippen MR) is 92.3 cm³/mol. The number of rotatable bonds is 1. The van der Waals surface area contributed by atoms with Crippen molar-refractivity contribution in [2.75, 3.05) is 0 Å². The van der Waals surface area contributed by atoms with E-state index in [1.807, 2.05) is 31.2 Å². The van der Waals surface area contributed by atoms with Crippen LogP contribution in [0.1, 0.15) is 49.9 Å². The van der Waals surface area contributed by atoms with Crippen molar-refractivity contribution in [2.24, 2.45) is 5.41 Å². The van der Waals surface area contributed by atoms with Crippen LogP contribution in [0, 0.1) is 12.3 Å². The minimum absolute atomic E-state index is 0.0327. The number of hydrogen-bond donors (Lipinski definition) is 0. The van der Waals surface area contributed by atoms with Gasteiger partial charge in [0.1, 0.15) is 5.41 Å². The van der Waals surface area contributed by atoms with E-state index < -0.39 is 11.6 Å². The highest BCUT2D eigenvalue weighted by atomic mass is 19.4. The Bertz CT molecular complexity index is 794. The van der Waals surface area contributed by atoms with E-state index in [1.54, 1.807) is 12.1 Å². The number of fused-ring (bicyclic) bond motifs is 3. The molecule has 0 nitrogen and oxygen atoms in total. The van der Waals surface area contributed by atoms with Crippen LogP contribution in [0.25, 0.3) is 11.1 Å². The average Bonchev–Trinajstić information content (AvgIpc) is 2.67. The first kappa shape index (κ1) is 17.1. The van der Waals surface area contributed by atoms with Crippen molar-refractivity contribution in [1.82, 2.24) is 0 Å². The van der Waals surface area contributed by atoms with Crippen LogP contribution in [0.2, 0.25) is 0 Å². The van der Waals surface area contributed by atoms with Crippen LogP contribution in [0.4, 0.5) is 13.2 Å². The van der Waals surface area contributed by atoms with Crippen molar-refractivity contribution >= 4 is 0 Å². The van der Waals surface area contributed by atoms with E-state index >= 15 is 0 Å². The number of benzene rings is 2. The Kier molecular flexibility index (Phi) is 3.63. The molecule has 0 heterocycles. The van der Waals surface area contributed by atoms with Gasteiger partial charge in [-0.05, 0) is 53.5 Å². The lowest BCUT2D eigenvalue weighted by Crippen LogP contribution is -2.39. The van der Waals surface area contributed by atoms with Crippen molar-refractivity contribution in [3.63, 3.8) is 0 Å². The summed E-state index contributed by atoms with van der Waals surface area (Å²) in [7, 11) is 0. The maximum absolute atomic E-state index is 14.1. The molecule has 1 unspecified atom stereocenters. The molecule has 0 aromatic heterocycles. The zero-order chi connectivity index (χ0) is 17.9. The first-order valence-corrected chi connectivity index (χ1v) is 8.25.